The third-order valence-corrected chi connectivity index (χ3v) is 5.08. The maximum Gasteiger partial charge on any atom is 0.308 e. The van der Waals surface area contributed by atoms with Crippen molar-refractivity contribution in [2.45, 2.75) is 12.5 Å². The Morgan fingerprint density at radius 1 is 1.19 bits per heavy atom. The van der Waals surface area contributed by atoms with Crippen LogP contribution in [0, 0.1) is 5.92 Å². The van der Waals surface area contributed by atoms with Gasteiger partial charge in [-0.25, -0.2) is 0 Å². The monoisotopic (exact) mass is 355 g/mol. The van der Waals surface area contributed by atoms with Crippen molar-refractivity contribution in [1.82, 2.24) is 4.90 Å². The fourth-order valence-corrected chi connectivity index (χ4v) is 3.77. The first-order valence-electron chi connectivity index (χ1n) is 8.61. The lowest BCUT2D eigenvalue weighted by molar-refractivity contribution is -0.141. The molecule has 2 aliphatic heterocycles. The van der Waals surface area contributed by atoms with Crippen LogP contribution in [-0.2, 0) is 11.3 Å². The lowest BCUT2D eigenvalue weighted by Gasteiger charge is -2.17. The summed E-state index contributed by atoms with van der Waals surface area (Å²) in [7, 11) is 1.62. The van der Waals surface area contributed by atoms with E-state index in [1.54, 1.807) is 7.11 Å². The van der Waals surface area contributed by atoms with E-state index in [0.29, 0.717) is 19.6 Å². The Labute approximate surface area is 151 Å². The van der Waals surface area contributed by atoms with Gasteiger partial charge in [0.05, 0.1) is 13.0 Å². The Kier molecular flexibility index (Phi) is 4.42. The summed E-state index contributed by atoms with van der Waals surface area (Å²) in [5, 5.41) is 9.69. The van der Waals surface area contributed by atoms with Gasteiger partial charge < -0.3 is 19.3 Å². The number of aliphatic carboxylic acids is 1. The molecule has 0 saturated carbocycles. The van der Waals surface area contributed by atoms with Gasteiger partial charge in [-0.05, 0) is 35.4 Å². The third-order valence-electron chi connectivity index (χ3n) is 5.08. The zero-order chi connectivity index (χ0) is 18.1. The summed E-state index contributed by atoms with van der Waals surface area (Å²) in [6.45, 7) is 2.15. The van der Waals surface area contributed by atoms with Crippen LogP contribution in [0.4, 0.5) is 0 Å². The van der Waals surface area contributed by atoms with Crippen LogP contribution >= 0.6 is 0 Å². The fraction of sp³-hybridized carbons (Fsp3) is 0.350. The summed E-state index contributed by atoms with van der Waals surface area (Å²) in [6, 6.07) is 13.6. The van der Waals surface area contributed by atoms with Crippen LogP contribution < -0.4 is 14.2 Å². The Bertz CT molecular complexity index is 822. The second-order valence-electron chi connectivity index (χ2n) is 6.71. The average Bonchev–Trinajstić information content (AvgIpc) is 3.28. The van der Waals surface area contributed by atoms with Crippen molar-refractivity contribution >= 4 is 5.97 Å². The van der Waals surface area contributed by atoms with Gasteiger partial charge in [0.15, 0.2) is 11.5 Å². The van der Waals surface area contributed by atoms with Crippen molar-refractivity contribution in [3.8, 4) is 17.2 Å². The minimum absolute atomic E-state index is 0.0587. The molecule has 4 rings (SSSR count). The second-order valence-corrected chi connectivity index (χ2v) is 6.71. The molecule has 0 radical (unpaired) electrons. The van der Waals surface area contributed by atoms with Crippen LogP contribution in [-0.4, -0.2) is 43.0 Å². The molecule has 1 N–H and O–H groups in total. The predicted molar refractivity (Wildman–Crippen MR) is 94.7 cm³/mol. The van der Waals surface area contributed by atoms with E-state index in [2.05, 4.69) is 4.90 Å². The number of carboxylic acids is 1. The van der Waals surface area contributed by atoms with Crippen LogP contribution in [0.2, 0.25) is 0 Å². The first-order valence-corrected chi connectivity index (χ1v) is 8.61. The maximum atomic E-state index is 11.8. The third kappa shape index (κ3) is 3.20. The molecule has 136 valence electrons. The smallest absolute Gasteiger partial charge is 0.308 e. The van der Waals surface area contributed by atoms with E-state index in [9.17, 15) is 9.90 Å². The van der Waals surface area contributed by atoms with Crippen LogP contribution in [0.3, 0.4) is 0 Å². The molecule has 2 atom stereocenters. The van der Waals surface area contributed by atoms with E-state index in [-0.39, 0.29) is 12.7 Å². The number of rotatable bonds is 5. The number of benzene rings is 2. The van der Waals surface area contributed by atoms with E-state index in [1.165, 1.54) is 0 Å². The molecular weight excluding hydrogens is 334 g/mol. The summed E-state index contributed by atoms with van der Waals surface area (Å²) in [4.78, 5) is 14.0. The van der Waals surface area contributed by atoms with Crippen molar-refractivity contribution in [2.24, 2.45) is 5.92 Å². The van der Waals surface area contributed by atoms with Gasteiger partial charge in [0.25, 0.3) is 0 Å². The molecule has 2 aliphatic rings. The molecule has 1 saturated heterocycles. The quantitative estimate of drug-likeness (QED) is 0.889. The molecule has 6 heteroatoms. The largest absolute Gasteiger partial charge is 0.497 e. The van der Waals surface area contributed by atoms with Gasteiger partial charge in [0, 0.05) is 25.6 Å². The van der Waals surface area contributed by atoms with Crippen LogP contribution in [0.15, 0.2) is 42.5 Å². The van der Waals surface area contributed by atoms with Crippen molar-refractivity contribution in [2.75, 3.05) is 27.0 Å². The highest BCUT2D eigenvalue weighted by Crippen LogP contribution is 2.37. The number of likely N-dealkylation sites (tertiary alicyclic amines) is 1. The first kappa shape index (κ1) is 16.7. The van der Waals surface area contributed by atoms with E-state index < -0.39 is 11.9 Å². The normalized spacial score (nSPS) is 21.7. The zero-order valence-electron chi connectivity index (χ0n) is 14.6. The summed E-state index contributed by atoms with van der Waals surface area (Å²) < 4.78 is 16.1. The molecular formula is C20H21NO5. The molecule has 2 heterocycles. The van der Waals surface area contributed by atoms with Gasteiger partial charge in [-0.15, -0.1) is 0 Å². The Morgan fingerprint density at radius 2 is 2.04 bits per heavy atom. The molecule has 26 heavy (non-hydrogen) atoms. The number of carbonyl (C=O) groups is 1. The van der Waals surface area contributed by atoms with E-state index in [4.69, 9.17) is 14.2 Å². The molecule has 1 fully saturated rings. The van der Waals surface area contributed by atoms with Crippen molar-refractivity contribution in [3.05, 3.63) is 53.6 Å². The molecule has 6 nitrogen and oxygen atoms in total. The molecule has 0 amide bonds. The number of fused-ring (bicyclic) bond motifs is 1. The molecule has 0 aliphatic carbocycles. The topological polar surface area (TPSA) is 68.2 Å². The Balaban J connectivity index is 1.53. The van der Waals surface area contributed by atoms with Gasteiger partial charge in [0.1, 0.15) is 5.75 Å². The van der Waals surface area contributed by atoms with Crippen molar-refractivity contribution < 1.29 is 24.1 Å². The van der Waals surface area contributed by atoms with Gasteiger partial charge in [0.2, 0.25) is 6.79 Å². The lowest BCUT2D eigenvalue weighted by Crippen LogP contribution is -2.23. The summed E-state index contributed by atoms with van der Waals surface area (Å²) in [5.41, 5.74) is 2.09. The summed E-state index contributed by atoms with van der Waals surface area (Å²) in [5.74, 6) is 1.01. The van der Waals surface area contributed by atoms with Crippen molar-refractivity contribution in [1.29, 1.82) is 0 Å². The lowest BCUT2D eigenvalue weighted by atomic mass is 9.89. The molecule has 0 aromatic heterocycles. The fourth-order valence-electron chi connectivity index (χ4n) is 3.77. The van der Waals surface area contributed by atoms with Gasteiger partial charge in [-0.1, -0.05) is 18.2 Å². The number of nitrogens with zero attached hydrogens (tertiary/aromatic N) is 1. The molecule has 0 unspecified atom stereocenters. The standard InChI is InChI=1S/C20H21NO5/c1-24-15-4-2-3-14(8-15)16-10-21(11-17(16)20(22)23)9-13-5-6-18-19(7-13)26-12-25-18/h2-8,16-17H,9-12H2,1H3,(H,22,23)/t16-,17+/m0/s1. The van der Waals surface area contributed by atoms with Crippen LogP contribution in [0.25, 0.3) is 0 Å². The molecule has 0 bridgehead atoms. The second kappa shape index (κ2) is 6.88. The summed E-state index contributed by atoms with van der Waals surface area (Å²) >= 11 is 0. The zero-order valence-corrected chi connectivity index (χ0v) is 14.6. The molecule has 0 spiro atoms. The SMILES string of the molecule is COc1cccc([C@@H]2CN(Cc3ccc4c(c3)OCO4)C[C@H]2C(=O)O)c1. The Hall–Kier alpha value is -2.73. The van der Waals surface area contributed by atoms with Crippen LogP contribution in [0.1, 0.15) is 17.0 Å². The maximum absolute atomic E-state index is 11.8. The first-order chi connectivity index (χ1) is 12.6. The van der Waals surface area contributed by atoms with Gasteiger partial charge in [-0.2, -0.15) is 0 Å². The minimum Gasteiger partial charge on any atom is -0.497 e. The number of hydrogen-bond donors (Lipinski definition) is 1. The number of methoxy groups -OCH3 is 1. The Morgan fingerprint density at radius 3 is 2.85 bits per heavy atom. The van der Waals surface area contributed by atoms with Gasteiger partial charge >= 0.3 is 5.97 Å². The van der Waals surface area contributed by atoms with E-state index >= 15 is 0 Å². The number of carboxylic acid groups (broad SMARTS) is 1. The molecule has 2 aromatic carbocycles. The van der Waals surface area contributed by atoms with E-state index in [0.717, 1.165) is 28.4 Å². The highest BCUT2D eigenvalue weighted by atomic mass is 16.7. The predicted octanol–water partition coefficient (Wildman–Crippen LogP) is 2.72. The number of hydrogen-bond acceptors (Lipinski definition) is 5. The van der Waals surface area contributed by atoms with E-state index in [1.807, 2.05) is 42.5 Å². The summed E-state index contributed by atoms with van der Waals surface area (Å²) in [6.07, 6.45) is 0. The van der Waals surface area contributed by atoms with Crippen LogP contribution in [0.5, 0.6) is 17.2 Å². The highest BCUT2D eigenvalue weighted by Gasteiger charge is 2.38. The average molecular weight is 355 g/mol. The highest BCUT2D eigenvalue weighted by molar-refractivity contribution is 5.72. The van der Waals surface area contributed by atoms with Gasteiger partial charge in [-0.3, -0.25) is 9.69 Å². The van der Waals surface area contributed by atoms with Crippen molar-refractivity contribution in [3.63, 3.8) is 0 Å². The minimum atomic E-state index is -0.758. The molecule has 2 aromatic rings. The number of ether oxygens (including phenoxy) is 3.